The number of nitrogens with zero attached hydrogens (tertiary/aromatic N) is 1. The Balaban J connectivity index is 2.53. The van der Waals surface area contributed by atoms with Gasteiger partial charge in [0, 0.05) is 16.5 Å². The van der Waals surface area contributed by atoms with E-state index in [9.17, 15) is 0 Å². The Kier molecular flexibility index (Phi) is 4.29. The third-order valence-electron chi connectivity index (χ3n) is 3.62. The van der Waals surface area contributed by atoms with Crippen molar-refractivity contribution in [3.05, 3.63) is 35.5 Å². The van der Waals surface area contributed by atoms with Gasteiger partial charge in [-0.25, -0.2) is 0 Å². The molecule has 0 aliphatic heterocycles. The highest BCUT2D eigenvalue weighted by molar-refractivity contribution is 5.92. The minimum absolute atomic E-state index is 0.0146. The maximum Gasteiger partial charge on any atom is 0.0727 e. The number of unbranched alkanes of at least 4 members (excludes halogenated alkanes) is 1. The first-order chi connectivity index (χ1) is 9.45. The molecule has 0 unspecified atom stereocenters. The Bertz CT molecular complexity index is 597. The molecule has 2 rings (SSSR count). The monoisotopic (exact) mass is 271 g/mol. The third-order valence-corrected chi connectivity index (χ3v) is 3.62. The van der Waals surface area contributed by atoms with Gasteiger partial charge in [-0.1, -0.05) is 40.2 Å². The van der Waals surface area contributed by atoms with Crippen molar-refractivity contribution in [1.82, 2.24) is 4.98 Å². The van der Waals surface area contributed by atoms with Crippen molar-refractivity contribution in [3.8, 4) is 0 Å². The zero-order chi connectivity index (χ0) is 14.8. The van der Waals surface area contributed by atoms with Crippen LogP contribution >= 0.6 is 0 Å². The van der Waals surface area contributed by atoms with Crippen LogP contribution in [0.25, 0.3) is 10.9 Å². The van der Waals surface area contributed by atoms with Crippen molar-refractivity contribution in [1.29, 1.82) is 0 Å². The van der Waals surface area contributed by atoms with Crippen LogP contribution in [-0.2, 0) is 11.8 Å². The molecule has 0 amide bonds. The highest BCUT2D eigenvalue weighted by atomic mass is 15.2. The van der Waals surface area contributed by atoms with Gasteiger partial charge in [-0.3, -0.25) is 10.8 Å². The molecule has 0 atom stereocenters. The molecule has 108 valence electrons. The quantitative estimate of drug-likeness (QED) is 0.648. The maximum absolute atomic E-state index is 5.70. The van der Waals surface area contributed by atoms with E-state index in [0.29, 0.717) is 0 Å². The first-order valence-corrected chi connectivity index (χ1v) is 7.36. The second-order valence-corrected chi connectivity index (χ2v) is 6.40. The second-order valence-electron chi connectivity index (χ2n) is 6.40. The average Bonchev–Trinajstić information content (AvgIpc) is 2.42. The van der Waals surface area contributed by atoms with Crippen molar-refractivity contribution in [2.75, 3.05) is 5.43 Å². The normalized spacial score (nSPS) is 11.8. The largest absolute Gasteiger partial charge is 0.323 e. The molecule has 0 aliphatic carbocycles. The predicted octanol–water partition coefficient (Wildman–Crippen LogP) is 4.16. The summed E-state index contributed by atoms with van der Waals surface area (Å²) in [7, 11) is 0. The molecule has 0 saturated carbocycles. The van der Waals surface area contributed by atoms with E-state index in [2.05, 4.69) is 57.4 Å². The van der Waals surface area contributed by atoms with Gasteiger partial charge in [0.05, 0.1) is 11.2 Å². The molecule has 0 radical (unpaired) electrons. The summed E-state index contributed by atoms with van der Waals surface area (Å²) in [6.07, 6.45) is 3.53. The number of benzene rings is 1. The van der Waals surface area contributed by atoms with E-state index in [-0.39, 0.29) is 5.41 Å². The number of aryl methyl sites for hydroxylation is 1. The van der Waals surface area contributed by atoms with Crippen molar-refractivity contribution < 1.29 is 0 Å². The molecule has 0 spiro atoms. The summed E-state index contributed by atoms with van der Waals surface area (Å²) >= 11 is 0. The molecule has 0 fully saturated rings. The number of anilines is 1. The topological polar surface area (TPSA) is 50.9 Å². The lowest BCUT2D eigenvalue weighted by molar-refractivity contribution is 0.572. The summed E-state index contributed by atoms with van der Waals surface area (Å²) in [5.41, 5.74) is 7.21. The standard InChI is InChI=1S/C17H25N3/c1-5-6-7-12-8-9-14-13(10-12)15(20-18)11-16(19-14)17(2,3)4/h8-11H,5-7,18H2,1-4H3,(H,19,20). The fourth-order valence-electron chi connectivity index (χ4n) is 2.31. The van der Waals surface area contributed by atoms with Crippen LogP contribution in [0.1, 0.15) is 51.8 Å². The van der Waals surface area contributed by atoms with E-state index in [1.54, 1.807) is 0 Å². The SMILES string of the molecule is CCCCc1ccc2nc(C(C)(C)C)cc(NN)c2c1. The lowest BCUT2D eigenvalue weighted by Gasteiger charge is -2.20. The molecule has 1 aromatic heterocycles. The highest BCUT2D eigenvalue weighted by Crippen LogP contribution is 2.29. The van der Waals surface area contributed by atoms with E-state index in [0.717, 1.165) is 28.7 Å². The van der Waals surface area contributed by atoms with Crippen LogP contribution in [0.4, 0.5) is 5.69 Å². The molecule has 3 N–H and O–H groups in total. The number of pyridine rings is 1. The van der Waals surface area contributed by atoms with Crippen molar-refractivity contribution in [2.45, 2.75) is 52.4 Å². The molecule has 3 nitrogen and oxygen atoms in total. The zero-order valence-electron chi connectivity index (χ0n) is 13.0. The van der Waals surface area contributed by atoms with E-state index in [1.807, 2.05) is 0 Å². The second kappa shape index (κ2) is 5.80. The number of nitrogens with two attached hydrogens (primary N) is 1. The van der Waals surface area contributed by atoms with Gasteiger partial charge < -0.3 is 5.43 Å². The van der Waals surface area contributed by atoms with Gasteiger partial charge in [0.2, 0.25) is 0 Å². The number of hydrogen-bond acceptors (Lipinski definition) is 3. The number of nitrogen functional groups attached to an aromatic ring is 1. The Morgan fingerprint density at radius 2 is 1.95 bits per heavy atom. The van der Waals surface area contributed by atoms with Crippen LogP contribution in [0.5, 0.6) is 0 Å². The fourth-order valence-corrected chi connectivity index (χ4v) is 2.31. The number of nitrogens with one attached hydrogen (secondary N) is 1. The summed E-state index contributed by atoms with van der Waals surface area (Å²) < 4.78 is 0. The maximum atomic E-state index is 5.70. The summed E-state index contributed by atoms with van der Waals surface area (Å²) in [6, 6.07) is 8.56. The molecule has 20 heavy (non-hydrogen) atoms. The lowest BCUT2D eigenvalue weighted by atomic mass is 9.90. The molecule has 0 bridgehead atoms. The van der Waals surface area contributed by atoms with Gasteiger partial charge in [-0.05, 0) is 36.6 Å². The van der Waals surface area contributed by atoms with Gasteiger partial charge in [0.1, 0.15) is 0 Å². The number of hydrogen-bond donors (Lipinski definition) is 2. The van der Waals surface area contributed by atoms with E-state index < -0.39 is 0 Å². The Hall–Kier alpha value is -1.61. The minimum atomic E-state index is 0.0146. The molecule has 0 aliphatic rings. The molecule has 1 heterocycles. The molecule has 2 aromatic rings. The average molecular weight is 271 g/mol. The number of fused-ring (bicyclic) bond motifs is 1. The summed E-state index contributed by atoms with van der Waals surface area (Å²) in [4.78, 5) is 4.78. The predicted molar refractivity (Wildman–Crippen MR) is 86.9 cm³/mol. The van der Waals surface area contributed by atoms with Crippen molar-refractivity contribution in [2.24, 2.45) is 5.84 Å². The van der Waals surface area contributed by atoms with Gasteiger partial charge in [0.25, 0.3) is 0 Å². The zero-order valence-corrected chi connectivity index (χ0v) is 13.0. The van der Waals surface area contributed by atoms with Crippen molar-refractivity contribution in [3.63, 3.8) is 0 Å². The van der Waals surface area contributed by atoms with Crippen LogP contribution in [0, 0.1) is 0 Å². The van der Waals surface area contributed by atoms with Gasteiger partial charge in [-0.2, -0.15) is 0 Å². The van der Waals surface area contributed by atoms with Crippen LogP contribution in [0.3, 0.4) is 0 Å². The van der Waals surface area contributed by atoms with Crippen molar-refractivity contribution >= 4 is 16.6 Å². The Morgan fingerprint density at radius 3 is 2.55 bits per heavy atom. The minimum Gasteiger partial charge on any atom is -0.323 e. The Labute approximate surface area is 121 Å². The summed E-state index contributed by atoms with van der Waals surface area (Å²) in [5.74, 6) is 5.70. The molecular formula is C17H25N3. The molecule has 0 saturated heterocycles. The molecule has 1 aromatic carbocycles. The smallest absolute Gasteiger partial charge is 0.0727 e. The Morgan fingerprint density at radius 1 is 1.20 bits per heavy atom. The lowest BCUT2D eigenvalue weighted by Crippen LogP contribution is -2.16. The van der Waals surface area contributed by atoms with Crippen LogP contribution < -0.4 is 11.3 Å². The summed E-state index contributed by atoms with van der Waals surface area (Å²) in [5, 5.41) is 1.11. The highest BCUT2D eigenvalue weighted by Gasteiger charge is 2.17. The van der Waals surface area contributed by atoms with E-state index >= 15 is 0 Å². The summed E-state index contributed by atoms with van der Waals surface area (Å²) in [6.45, 7) is 8.70. The van der Waals surface area contributed by atoms with Crippen LogP contribution in [0.2, 0.25) is 0 Å². The first kappa shape index (κ1) is 14.8. The fraction of sp³-hybridized carbons (Fsp3) is 0.471. The first-order valence-electron chi connectivity index (χ1n) is 7.36. The number of hydrazine groups is 1. The number of aromatic nitrogens is 1. The van der Waals surface area contributed by atoms with Gasteiger partial charge in [-0.15, -0.1) is 0 Å². The van der Waals surface area contributed by atoms with E-state index in [4.69, 9.17) is 10.8 Å². The third kappa shape index (κ3) is 3.10. The van der Waals surface area contributed by atoms with Crippen LogP contribution in [-0.4, -0.2) is 4.98 Å². The molecule has 3 heteroatoms. The van der Waals surface area contributed by atoms with Gasteiger partial charge >= 0.3 is 0 Å². The van der Waals surface area contributed by atoms with Gasteiger partial charge in [0.15, 0.2) is 0 Å². The number of rotatable bonds is 4. The van der Waals surface area contributed by atoms with E-state index in [1.165, 1.54) is 18.4 Å². The van der Waals surface area contributed by atoms with Crippen LogP contribution in [0.15, 0.2) is 24.3 Å². The molecular weight excluding hydrogens is 246 g/mol.